The Balaban J connectivity index is 1.49. The highest BCUT2D eigenvalue weighted by Gasteiger charge is 2.20. The van der Waals surface area contributed by atoms with E-state index in [0.717, 1.165) is 50.1 Å². The molecule has 4 aromatic rings. The quantitative estimate of drug-likeness (QED) is 0.330. The summed E-state index contributed by atoms with van der Waals surface area (Å²) in [4.78, 5) is 14.0. The molecule has 0 aliphatic carbocycles. The molecule has 176 valence electrons. The van der Waals surface area contributed by atoms with Crippen LogP contribution >= 0.6 is 23.2 Å². The number of piperidine rings is 1. The van der Waals surface area contributed by atoms with Gasteiger partial charge in [0.1, 0.15) is 17.2 Å². The van der Waals surface area contributed by atoms with Gasteiger partial charge >= 0.3 is 0 Å². The van der Waals surface area contributed by atoms with E-state index in [1.54, 1.807) is 12.3 Å². The van der Waals surface area contributed by atoms with Gasteiger partial charge in [-0.25, -0.2) is 14.4 Å². The Morgan fingerprint density at radius 2 is 1.88 bits per heavy atom. The summed E-state index contributed by atoms with van der Waals surface area (Å²) in [6, 6.07) is 12.1. The van der Waals surface area contributed by atoms with Gasteiger partial charge in [0.05, 0.1) is 11.2 Å². The first-order valence-electron chi connectivity index (χ1n) is 11.4. The number of fused-ring (bicyclic) bond motifs is 1. The number of imidazole rings is 1. The third-order valence-corrected chi connectivity index (χ3v) is 6.96. The highest BCUT2D eigenvalue weighted by Crippen LogP contribution is 2.31. The first-order chi connectivity index (χ1) is 16.6. The van der Waals surface area contributed by atoms with Crippen molar-refractivity contribution >= 4 is 40.3 Å². The van der Waals surface area contributed by atoms with Gasteiger partial charge in [0, 0.05) is 23.7 Å². The van der Waals surface area contributed by atoms with Gasteiger partial charge < -0.3 is 15.2 Å². The Bertz CT molecular complexity index is 1300. The molecule has 9 heteroatoms. The summed E-state index contributed by atoms with van der Waals surface area (Å²) in [5.41, 5.74) is 3.04. The van der Waals surface area contributed by atoms with Crippen LogP contribution in [0.4, 0.5) is 10.3 Å². The highest BCUT2D eigenvalue weighted by molar-refractivity contribution is 6.33. The molecule has 0 amide bonds. The zero-order valence-corrected chi connectivity index (χ0v) is 20.1. The molecule has 0 spiro atoms. The molecule has 0 radical (unpaired) electrons. The molecule has 1 fully saturated rings. The second kappa shape index (κ2) is 10.3. The van der Waals surface area contributed by atoms with Crippen LogP contribution in [0.15, 0.2) is 48.7 Å². The third kappa shape index (κ3) is 5.02. The SMILES string of the molecule is Fc1ccc(-c2nc3cnc(NCc4ccccc4Cl)nc3n2CCC2CCNCC2)c(Cl)c1. The second-order valence-corrected chi connectivity index (χ2v) is 9.36. The van der Waals surface area contributed by atoms with E-state index in [1.807, 2.05) is 24.3 Å². The Hall–Kier alpha value is -2.74. The van der Waals surface area contributed by atoms with Crippen LogP contribution in [0, 0.1) is 11.7 Å². The first-order valence-corrected chi connectivity index (χ1v) is 12.2. The van der Waals surface area contributed by atoms with E-state index in [-0.39, 0.29) is 5.82 Å². The summed E-state index contributed by atoms with van der Waals surface area (Å²) in [6.07, 6.45) is 5.02. The third-order valence-electron chi connectivity index (χ3n) is 6.27. The lowest BCUT2D eigenvalue weighted by molar-refractivity contribution is 0.339. The smallest absolute Gasteiger partial charge is 0.225 e. The van der Waals surface area contributed by atoms with Crippen molar-refractivity contribution in [3.63, 3.8) is 0 Å². The van der Waals surface area contributed by atoms with Crippen molar-refractivity contribution in [3.8, 4) is 11.4 Å². The number of nitrogens with one attached hydrogen (secondary N) is 2. The van der Waals surface area contributed by atoms with Gasteiger partial charge in [-0.1, -0.05) is 41.4 Å². The standard InChI is InChI=1S/C25H25Cl2FN6/c26-20-4-2-1-3-17(20)14-30-25-31-15-22-24(33-25)34(12-9-16-7-10-29-11-8-16)23(32-22)19-6-5-18(28)13-21(19)27/h1-6,13,15-16,29H,7-12,14H2,(H,30,31,33). The van der Waals surface area contributed by atoms with Gasteiger partial charge in [0.2, 0.25) is 5.95 Å². The maximum absolute atomic E-state index is 13.7. The highest BCUT2D eigenvalue weighted by atomic mass is 35.5. The topological polar surface area (TPSA) is 67.7 Å². The van der Waals surface area contributed by atoms with E-state index in [1.165, 1.54) is 12.1 Å². The van der Waals surface area contributed by atoms with E-state index >= 15 is 0 Å². The number of halogens is 3. The Morgan fingerprint density at radius 3 is 2.68 bits per heavy atom. The molecule has 6 nitrogen and oxygen atoms in total. The van der Waals surface area contributed by atoms with Crippen molar-refractivity contribution in [1.82, 2.24) is 24.8 Å². The molecule has 2 aromatic heterocycles. The summed E-state index contributed by atoms with van der Waals surface area (Å²) in [5.74, 6) is 1.42. The zero-order chi connectivity index (χ0) is 23.5. The van der Waals surface area contributed by atoms with Crippen LogP contribution in [0.2, 0.25) is 10.0 Å². The lowest BCUT2D eigenvalue weighted by Crippen LogP contribution is -2.28. The van der Waals surface area contributed by atoms with Crippen molar-refractivity contribution in [2.75, 3.05) is 18.4 Å². The molecule has 1 aliphatic heterocycles. The first kappa shape index (κ1) is 23.0. The average Bonchev–Trinajstić information content (AvgIpc) is 3.20. The number of hydrogen-bond acceptors (Lipinski definition) is 5. The van der Waals surface area contributed by atoms with Crippen LogP contribution in [-0.4, -0.2) is 32.6 Å². The van der Waals surface area contributed by atoms with Crippen LogP contribution in [0.1, 0.15) is 24.8 Å². The van der Waals surface area contributed by atoms with E-state index in [4.69, 9.17) is 33.2 Å². The van der Waals surface area contributed by atoms with Crippen molar-refractivity contribution in [2.24, 2.45) is 5.92 Å². The molecule has 3 heterocycles. The van der Waals surface area contributed by atoms with Gasteiger partial charge in [-0.3, -0.25) is 0 Å². The van der Waals surface area contributed by atoms with Crippen LogP contribution in [0.25, 0.3) is 22.6 Å². The summed E-state index contributed by atoms with van der Waals surface area (Å²) in [7, 11) is 0. The summed E-state index contributed by atoms with van der Waals surface area (Å²) >= 11 is 12.7. The lowest BCUT2D eigenvalue weighted by atomic mass is 9.95. The van der Waals surface area contributed by atoms with Gasteiger partial charge in [-0.15, -0.1) is 0 Å². The number of rotatable bonds is 7. The van der Waals surface area contributed by atoms with E-state index in [2.05, 4.69) is 20.2 Å². The summed E-state index contributed by atoms with van der Waals surface area (Å²) in [6.45, 7) is 3.34. The molecular formula is C25H25Cl2FN6. The average molecular weight is 499 g/mol. The molecule has 1 aliphatic rings. The van der Waals surface area contributed by atoms with Gasteiger partial charge in [-0.2, -0.15) is 4.98 Å². The normalized spacial score (nSPS) is 14.6. The molecule has 1 saturated heterocycles. The Kier molecular flexibility index (Phi) is 6.94. The molecule has 0 unspecified atom stereocenters. The maximum atomic E-state index is 13.7. The number of anilines is 1. The van der Waals surface area contributed by atoms with Crippen molar-refractivity contribution in [1.29, 1.82) is 0 Å². The predicted octanol–water partition coefficient (Wildman–Crippen LogP) is 5.94. The van der Waals surface area contributed by atoms with E-state index in [0.29, 0.717) is 45.4 Å². The maximum Gasteiger partial charge on any atom is 0.225 e. The molecule has 0 bridgehead atoms. The van der Waals surface area contributed by atoms with E-state index in [9.17, 15) is 4.39 Å². The largest absolute Gasteiger partial charge is 0.350 e. The molecule has 34 heavy (non-hydrogen) atoms. The fraction of sp³-hybridized carbons (Fsp3) is 0.320. The molecule has 2 aromatic carbocycles. The second-order valence-electron chi connectivity index (χ2n) is 8.54. The van der Waals surface area contributed by atoms with Crippen LogP contribution in [0.5, 0.6) is 0 Å². The number of nitrogens with zero attached hydrogens (tertiary/aromatic N) is 4. The minimum absolute atomic E-state index is 0.323. The molecule has 0 saturated carbocycles. The summed E-state index contributed by atoms with van der Waals surface area (Å²) < 4.78 is 15.8. The van der Waals surface area contributed by atoms with Crippen molar-refractivity contribution in [2.45, 2.75) is 32.4 Å². The van der Waals surface area contributed by atoms with Crippen LogP contribution in [-0.2, 0) is 13.1 Å². The van der Waals surface area contributed by atoms with Crippen molar-refractivity contribution < 1.29 is 4.39 Å². The van der Waals surface area contributed by atoms with Crippen molar-refractivity contribution in [3.05, 3.63) is 70.1 Å². The van der Waals surface area contributed by atoms with Gasteiger partial charge in [0.15, 0.2) is 5.65 Å². The summed E-state index contributed by atoms with van der Waals surface area (Å²) in [5, 5.41) is 7.69. The van der Waals surface area contributed by atoms with Crippen LogP contribution in [0.3, 0.4) is 0 Å². The minimum atomic E-state index is -0.378. The fourth-order valence-corrected chi connectivity index (χ4v) is 4.84. The molecule has 5 rings (SSSR count). The van der Waals surface area contributed by atoms with Crippen LogP contribution < -0.4 is 10.6 Å². The lowest BCUT2D eigenvalue weighted by Gasteiger charge is -2.23. The molecular weight excluding hydrogens is 474 g/mol. The monoisotopic (exact) mass is 498 g/mol. The fourth-order valence-electron chi connectivity index (χ4n) is 4.39. The number of hydrogen-bond donors (Lipinski definition) is 2. The molecule has 0 atom stereocenters. The predicted molar refractivity (Wildman–Crippen MR) is 135 cm³/mol. The van der Waals surface area contributed by atoms with Gasteiger partial charge in [0.25, 0.3) is 0 Å². The minimum Gasteiger partial charge on any atom is -0.350 e. The zero-order valence-electron chi connectivity index (χ0n) is 18.6. The number of aromatic nitrogens is 4. The molecule has 2 N–H and O–H groups in total. The Labute approximate surface area is 207 Å². The van der Waals surface area contributed by atoms with E-state index < -0.39 is 0 Å². The van der Waals surface area contributed by atoms with Gasteiger partial charge in [-0.05, 0) is 68.1 Å². The number of aryl methyl sites for hydroxylation is 1. The number of benzene rings is 2. The Morgan fingerprint density at radius 1 is 1.06 bits per heavy atom.